The van der Waals surface area contributed by atoms with Gasteiger partial charge >= 0.3 is 5.97 Å². The lowest BCUT2D eigenvalue weighted by Gasteiger charge is -2.11. The zero-order chi connectivity index (χ0) is 17.3. The van der Waals surface area contributed by atoms with Crippen molar-refractivity contribution in [3.8, 4) is 17.2 Å². The molecule has 3 aromatic rings. The molecule has 3 rings (SSSR count). The van der Waals surface area contributed by atoms with Gasteiger partial charge in [0.05, 0.1) is 16.3 Å². The summed E-state index contributed by atoms with van der Waals surface area (Å²) in [5.74, 6) is -1.64. The van der Waals surface area contributed by atoms with Crippen molar-refractivity contribution in [1.29, 1.82) is 0 Å². The first kappa shape index (κ1) is 16.3. The monoisotopic (exact) mass is 348 g/mol. The van der Waals surface area contributed by atoms with Crippen molar-refractivity contribution in [1.82, 2.24) is 4.98 Å². The number of nitrogens with zero attached hydrogens (tertiary/aromatic N) is 1. The molecule has 0 aliphatic carbocycles. The number of carbonyl (C=O) groups is 1. The number of benzene rings is 2. The number of hydrogen-bond donors (Lipinski definition) is 1. The average molecular weight is 349 g/mol. The topological polar surface area (TPSA) is 78.3 Å². The largest absolute Gasteiger partial charge is 0.436 e. The third-order valence-corrected chi connectivity index (χ3v) is 3.70. The summed E-state index contributed by atoms with van der Waals surface area (Å²) in [6, 6.07) is 8.28. The lowest BCUT2D eigenvalue weighted by Crippen LogP contribution is -2.09. The molecule has 0 saturated heterocycles. The summed E-state index contributed by atoms with van der Waals surface area (Å²) in [6.07, 6.45) is 0.758. The van der Waals surface area contributed by atoms with E-state index in [0.717, 1.165) is 0 Å². The maximum Gasteiger partial charge on any atom is 0.311 e. The maximum atomic E-state index is 14.5. The highest BCUT2D eigenvalue weighted by Gasteiger charge is 2.22. The second kappa shape index (κ2) is 6.49. The Morgan fingerprint density at radius 1 is 1.42 bits per heavy atom. The van der Waals surface area contributed by atoms with Gasteiger partial charge in [-0.15, -0.1) is 0 Å². The number of rotatable bonds is 4. The van der Waals surface area contributed by atoms with E-state index in [2.05, 4.69) is 4.98 Å². The zero-order valence-electron chi connectivity index (χ0n) is 12.8. The number of hydrogen-bond acceptors (Lipinski definition) is 5. The molecule has 0 unspecified atom stereocenters. The van der Waals surface area contributed by atoms with Gasteiger partial charge in [-0.05, 0) is 18.6 Å². The Hall–Kier alpha value is -2.60. The Morgan fingerprint density at radius 2 is 2.17 bits per heavy atom. The van der Waals surface area contributed by atoms with Crippen molar-refractivity contribution in [2.45, 2.75) is 19.8 Å². The molecule has 1 heterocycles. The molecule has 0 spiro atoms. The van der Waals surface area contributed by atoms with E-state index in [9.17, 15) is 9.18 Å². The van der Waals surface area contributed by atoms with Crippen LogP contribution in [0.5, 0.6) is 5.75 Å². The van der Waals surface area contributed by atoms with Crippen molar-refractivity contribution in [3.63, 3.8) is 0 Å². The SMILES string of the molecule is CCCC(=O)Oc1cc(Cl)c(-c2nc3ccccc3o2)c(N)c1F. The van der Waals surface area contributed by atoms with E-state index in [1.54, 1.807) is 24.3 Å². The Labute approximate surface area is 142 Å². The fourth-order valence-corrected chi connectivity index (χ4v) is 2.55. The van der Waals surface area contributed by atoms with Gasteiger partial charge in [-0.25, -0.2) is 9.37 Å². The first-order chi connectivity index (χ1) is 11.5. The van der Waals surface area contributed by atoms with Crippen LogP contribution in [0.4, 0.5) is 10.1 Å². The van der Waals surface area contributed by atoms with Crippen LogP contribution >= 0.6 is 11.6 Å². The van der Waals surface area contributed by atoms with Crippen LogP contribution < -0.4 is 10.5 Å². The summed E-state index contributed by atoms with van der Waals surface area (Å²) in [7, 11) is 0. The Kier molecular flexibility index (Phi) is 4.40. The number of fused-ring (bicyclic) bond motifs is 1. The number of nitrogen functional groups attached to an aromatic ring is 1. The van der Waals surface area contributed by atoms with Crippen LogP contribution in [0.3, 0.4) is 0 Å². The van der Waals surface area contributed by atoms with Crippen molar-refractivity contribution >= 4 is 34.4 Å². The van der Waals surface area contributed by atoms with E-state index in [-0.39, 0.29) is 34.3 Å². The molecule has 0 amide bonds. The van der Waals surface area contributed by atoms with E-state index >= 15 is 0 Å². The summed E-state index contributed by atoms with van der Waals surface area (Å²) in [5.41, 5.74) is 6.81. The van der Waals surface area contributed by atoms with Crippen molar-refractivity contribution in [2.24, 2.45) is 0 Å². The van der Waals surface area contributed by atoms with Gasteiger partial charge in [0.25, 0.3) is 0 Å². The maximum absolute atomic E-state index is 14.5. The molecule has 0 atom stereocenters. The van der Waals surface area contributed by atoms with Gasteiger partial charge in [0.15, 0.2) is 17.1 Å². The minimum absolute atomic E-state index is 0.0831. The minimum Gasteiger partial charge on any atom is -0.436 e. The standard InChI is InChI=1S/C17H14ClFN2O3/c1-2-5-13(22)23-12-8-9(18)14(16(20)15(12)19)17-21-10-6-3-4-7-11(10)24-17/h3-4,6-8H,2,5,20H2,1H3. The third kappa shape index (κ3) is 2.92. The second-order valence-electron chi connectivity index (χ2n) is 5.17. The highest BCUT2D eigenvalue weighted by Crippen LogP contribution is 2.40. The molecule has 7 heteroatoms. The van der Waals surface area contributed by atoms with Gasteiger partial charge in [0, 0.05) is 12.5 Å². The quantitative estimate of drug-likeness (QED) is 0.424. The van der Waals surface area contributed by atoms with Crippen LogP contribution in [0.15, 0.2) is 34.7 Å². The van der Waals surface area contributed by atoms with E-state index < -0.39 is 11.8 Å². The van der Waals surface area contributed by atoms with Gasteiger partial charge < -0.3 is 14.9 Å². The summed E-state index contributed by atoms with van der Waals surface area (Å²) in [6.45, 7) is 1.81. The van der Waals surface area contributed by atoms with Crippen LogP contribution in [0.2, 0.25) is 5.02 Å². The van der Waals surface area contributed by atoms with Crippen LogP contribution in [0.1, 0.15) is 19.8 Å². The zero-order valence-corrected chi connectivity index (χ0v) is 13.6. The summed E-state index contributed by atoms with van der Waals surface area (Å²) < 4.78 is 25.0. The van der Waals surface area contributed by atoms with Gasteiger partial charge in [0.1, 0.15) is 5.52 Å². The van der Waals surface area contributed by atoms with E-state index in [1.165, 1.54) is 6.07 Å². The second-order valence-corrected chi connectivity index (χ2v) is 5.58. The van der Waals surface area contributed by atoms with Crippen molar-refractivity contribution < 1.29 is 18.3 Å². The van der Waals surface area contributed by atoms with E-state index in [0.29, 0.717) is 17.5 Å². The number of ether oxygens (including phenoxy) is 1. The third-order valence-electron chi connectivity index (χ3n) is 3.40. The molecule has 124 valence electrons. The lowest BCUT2D eigenvalue weighted by atomic mass is 10.1. The number of esters is 1. The molecule has 24 heavy (non-hydrogen) atoms. The molecule has 2 N–H and O–H groups in total. The number of oxazole rings is 1. The molecule has 0 saturated carbocycles. The predicted octanol–water partition coefficient (Wildman–Crippen LogP) is 4.58. The van der Waals surface area contributed by atoms with Gasteiger partial charge in [-0.2, -0.15) is 0 Å². The summed E-state index contributed by atoms with van der Waals surface area (Å²) in [4.78, 5) is 15.8. The lowest BCUT2D eigenvalue weighted by molar-refractivity contribution is -0.134. The number of nitrogens with two attached hydrogens (primary N) is 1. The first-order valence-electron chi connectivity index (χ1n) is 7.35. The van der Waals surface area contributed by atoms with Crippen LogP contribution in [0.25, 0.3) is 22.6 Å². The average Bonchev–Trinajstić information content (AvgIpc) is 2.96. The first-order valence-corrected chi connectivity index (χ1v) is 7.73. The molecule has 0 radical (unpaired) electrons. The number of halogens is 2. The van der Waals surface area contributed by atoms with Gasteiger partial charge in [-0.3, -0.25) is 4.79 Å². The normalized spacial score (nSPS) is 11.0. The molecular weight excluding hydrogens is 335 g/mol. The minimum atomic E-state index is -0.874. The highest BCUT2D eigenvalue weighted by atomic mass is 35.5. The van der Waals surface area contributed by atoms with Gasteiger partial charge in [-0.1, -0.05) is 30.7 Å². The molecule has 0 fully saturated rings. The molecule has 2 aromatic carbocycles. The number of para-hydroxylation sites is 2. The number of carbonyl (C=O) groups excluding carboxylic acids is 1. The van der Waals surface area contributed by atoms with Crippen molar-refractivity contribution in [3.05, 3.63) is 41.2 Å². The number of aromatic nitrogens is 1. The van der Waals surface area contributed by atoms with Gasteiger partial charge in [0.2, 0.25) is 5.89 Å². The van der Waals surface area contributed by atoms with E-state index in [4.69, 9.17) is 26.5 Å². The van der Waals surface area contributed by atoms with E-state index in [1.807, 2.05) is 6.92 Å². The fraction of sp³-hybridized carbons (Fsp3) is 0.176. The summed E-state index contributed by atoms with van der Waals surface area (Å²) in [5, 5.41) is 0.0831. The molecule has 5 nitrogen and oxygen atoms in total. The molecule has 0 aliphatic rings. The summed E-state index contributed by atoms with van der Waals surface area (Å²) >= 11 is 6.19. The Balaban J connectivity index is 2.06. The van der Waals surface area contributed by atoms with Crippen LogP contribution in [-0.4, -0.2) is 11.0 Å². The Bertz CT molecular complexity index is 891. The van der Waals surface area contributed by atoms with Crippen LogP contribution in [-0.2, 0) is 4.79 Å². The molecule has 1 aromatic heterocycles. The predicted molar refractivity (Wildman–Crippen MR) is 89.4 cm³/mol. The highest BCUT2D eigenvalue weighted by molar-refractivity contribution is 6.34. The van der Waals surface area contributed by atoms with Crippen molar-refractivity contribution in [2.75, 3.05) is 5.73 Å². The molecule has 0 aliphatic heterocycles. The number of anilines is 1. The smallest absolute Gasteiger partial charge is 0.311 e. The Morgan fingerprint density at radius 3 is 2.88 bits per heavy atom. The van der Waals surface area contributed by atoms with Crippen LogP contribution in [0, 0.1) is 5.82 Å². The fourth-order valence-electron chi connectivity index (χ4n) is 2.27. The molecular formula is C17H14ClFN2O3. The molecule has 0 bridgehead atoms.